The van der Waals surface area contributed by atoms with Gasteiger partial charge in [-0.2, -0.15) is 0 Å². The molecule has 9 aromatic rings. The maximum Gasteiger partial charge on any atom is 0.124 e. The molecule has 0 aliphatic heterocycles. The molecule has 0 radical (unpaired) electrons. The lowest BCUT2D eigenvalue weighted by Crippen LogP contribution is -2.10. The molecule has 0 spiro atoms. The van der Waals surface area contributed by atoms with Crippen molar-refractivity contribution in [3.05, 3.63) is 240 Å². The highest BCUT2D eigenvalue weighted by atomic mass is 16.3. The number of phenolic OH excluding ortho intramolecular Hbond substituents is 2. The number of phenols is 2. The molecule has 0 amide bonds. The predicted molar refractivity (Wildman–Crippen MR) is 276 cm³/mol. The van der Waals surface area contributed by atoms with E-state index in [9.17, 15) is 10.2 Å². The number of benzene rings is 9. The van der Waals surface area contributed by atoms with Gasteiger partial charge in [-0.05, 0) is 181 Å². The van der Waals surface area contributed by atoms with Crippen LogP contribution in [0, 0.1) is 27.7 Å². The number of para-hydroxylation sites is 6. The standard InChI is InChI=1S/C60H50N4O2/c1-41-33-53(63(49-19-9-5-10-20-49)50-21-11-6-12-22-50)34-42(2)59(41)45-29-31-47(57(65)37-45)39-61-55-27-17-18-28-56(55)62-40-48-32-30-46(38-58(48)66)60-43(3)35-54(36-44(60)4)64(51-23-13-7-14-24-51)52-25-15-8-16-26-52/h5-40,65-66H,1-4H3/b61-39+,62-40+. The molecule has 0 heterocycles. The first kappa shape index (κ1) is 42.8. The molecular formula is C60H50N4O2. The fourth-order valence-electron chi connectivity index (χ4n) is 8.83. The first-order valence-corrected chi connectivity index (χ1v) is 22.1. The normalized spacial score (nSPS) is 11.3. The van der Waals surface area contributed by atoms with Crippen LogP contribution in [-0.2, 0) is 0 Å². The van der Waals surface area contributed by atoms with Gasteiger partial charge < -0.3 is 20.0 Å². The highest BCUT2D eigenvalue weighted by Gasteiger charge is 2.18. The number of aromatic hydroxyl groups is 2. The first-order valence-electron chi connectivity index (χ1n) is 22.1. The molecule has 0 bridgehead atoms. The predicted octanol–water partition coefficient (Wildman–Crippen LogP) is 16.1. The van der Waals surface area contributed by atoms with Crippen LogP contribution in [-0.4, -0.2) is 22.6 Å². The van der Waals surface area contributed by atoms with Crippen LogP contribution in [0.15, 0.2) is 216 Å². The largest absolute Gasteiger partial charge is 0.507 e. The van der Waals surface area contributed by atoms with Crippen LogP contribution < -0.4 is 9.80 Å². The van der Waals surface area contributed by atoms with Crippen LogP contribution in [0.25, 0.3) is 22.3 Å². The summed E-state index contributed by atoms with van der Waals surface area (Å²) in [4.78, 5) is 14.0. The van der Waals surface area contributed by atoms with Crippen LogP contribution in [0.4, 0.5) is 45.5 Å². The molecule has 2 N–H and O–H groups in total. The molecule has 322 valence electrons. The quantitative estimate of drug-likeness (QED) is 0.120. The Kier molecular flexibility index (Phi) is 12.4. The minimum atomic E-state index is 0.130. The molecule has 0 aliphatic carbocycles. The van der Waals surface area contributed by atoms with Gasteiger partial charge >= 0.3 is 0 Å². The minimum Gasteiger partial charge on any atom is -0.507 e. The number of hydrogen-bond acceptors (Lipinski definition) is 6. The Labute approximate surface area is 387 Å². The van der Waals surface area contributed by atoms with Gasteiger partial charge in [0.25, 0.3) is 0 Å². The van der Waals surface area contributed by atoms with Gasteiger partial charge in [0.15, 0.2) is 0 Å². The summed E-state index contributed by atoms with van der Waals surface area (Å²) in [7, 11) is 0. The Morgan fingerprint density at radius 2 is 0.621 bits per heavy atom. The Morgan fingerprint density at radius 1 is 0.333 bits per heavy atom. The number of aryl methyl sites for hydroxylation is 4. The third-order valence-corrected chi connectivity index (χ3v) is 11.8. The molecule has 6 nitrogen and oxygen atoms in total. The molecule has 0 fully saturated rings. The maximum atomic E-state index is 11.3. The van der Waals surface area contributed by atoms with Gasteiger partial charge in [-0.1, -0.05) is 97.1 Å². The van der Waals surface area contributed by atoms with Crippen LogP contribution in [0.2, 0.25) is 0 Å². The van der Waals surface area contributed by atoms with E-state index in [1.807, 2.05) is 72.8 Å². The number of aliphatic imine (C=N–C) groups is 2. The highest BCUT2D eigenvalue weighted by Crippen LogP contribution is 2.42. The minimum absolute atomic E-state index is 0.130. The third-order valence-electron chi connectivity index (χ3n) is 11.8. The van der Waals surface area contributed by atoms with Crippen LogP contribution in [0.5, 0.6) is 11.5 Å². The summed E-state index contributed by atoms with van der Waals surface area (Å²) in [6, 6.07) is 69.3. The molecule has 0 unspecified atom stereocenters. The van der Waals surface area contributed by atoms with E-state index in [0.29, 0.717) is 22.5 Å². The fraction of sp³-hybridized carbons (Fsp3) is 0.0667. The van der Waals surface area contributed by atoms with Gasteiger partial charge in [0.2, 0.25) is 0 Å². The summed E-state index contributed by atoms with van der Waals surface area (Å²) in [6.07, 6.45) is 3.32. The Bertz CT molecular complexity index is 2860. The van der Waals surface area contributed by atoms with Gasteiger partial charge in [0.1, 0.15) is 11.5 Å². The zero-order valence-corrected chi connectivity index (χ0v) is 37.5. The Hall–Kier alpha value is -8.48. The smallest absolute Gasteiger partial charge is 0.124 e. The van der Waals surface area contributed by atoms with E-state index >= 15 is 0 Å². The fourth-order valence-corrected chi connectivity index (χ4v) is 8.83. The average molecular weight is 859 g/mol. The SMILES string of the molecule is Cc1cc(N(c2ccccc2)c2ccccc2)cc(C)c1-c1ccc(/C=N/c2ccccc2/N=C/c2ccc(-c3c(C)cc(N(c4ccccc4)c4ccccc4)cc3C)cc2O)c(O)c1. The summed E-state index contributed by atoms with van der Waals surface area (Å²) < 4.78 is 0. The molecule has 0 aliphatic rings. The van der Waals surface area contributed by atoms with Gasteiger partial charge in [0, 0.05) is 57.7 Å². The van der Waals surface area contributed by atoms with Gasteiger partial charge in [-0.25, -0.2) is 0 Å². The van der Waals surface area contributed by atoms with E-state index in [4.69, 9.17) is 9.98 Å². The van der Waals surface area contributed by atoms with Crippen molar-refractivity contribution in [1.29, 1.82) is 0 Å². The Balaban J connectivity index is 0.932. The zero-order chi connectivity index (χ0) is 45.6. The third kappa shape index (κ3) is 9.12. The lowest BCUT2D eigenvalue weighted by molar-refractivity contribution is 0.474. The van der Waals surface area contributed by atoms with E-state index in [1.165, 1.54) is 0 Å². The molecule has 9 aromatic carbocycles. The summed E-state index contributed by atoms with van der Waals surface area (Å²) in [6.45, 7) is 8.46. The lowest BCUT2D eigenvalue weighted by Gasteiger charge is -2.27. The topological polar surface area (TPSA) is 71.7 Å². The number of nitrogens with zero attached hydrogens (tertiary/aromatic N) is 4. The van der Waals surface area contributed by atoms with E-state index < -0.39 is 0 Å². The van der Waals surface area contributed by atoms with Crippen molar-refractivity contribution >= 4 is 57.9 Å². The molecule has 0 atom stereocenters. The monoisotopic (exact) mass is 858 g/mol. The van der Waals surface area contributed by atoms with E-state index in [-0.39, 0.29) is 11.5 Å². The van der Waals surface area contributed by atoms with Gasteiger partial charge in [0.05, 0.1) is 11.4 Å². The van der Waals surface area contributed by atoms with Crippen molar-refractivity contribution in [2.24, 2.45) is 9.98 Å². The molecule has 0 saturated carbocycles. The lowest BCUT2D eigenvalue weighted by atomic mass is 9.93. The summed E-state index contributed by atoms with van der Waals surface area (Å²) in [5.74, 6) is 0.260. The second-order valence-electron chi connectivity index (χ2n) is 16.5. The molecule has 9 rings (SSSR count). The van der Waals surface area contributed by atoms with Crippen LogP contribution >= 0.6 is 0 Å². The van der Waals surface area contributed by atoms with Crippen molar-refractivity contribution < 1.29 is 10.2 Å². The van der Waals surface area contributed by atoms with Gasteiger partial charge in [-0.3, -0.25) is 9.98 Å². The maximum absolute atomic E-state index is 11.3. The second kappa shape index (κ2) is 19.1. The summed E-state index contributed by atoms with van der Waals surface area (Å²) >= 11 is 0. The first-order chi connectivity index (χ1) is 32.2. The summed E-state index contributed by atoms with van der Waals surface area (Å²) in [5, 5.41) is 22.6. The van der Waals surface area contributed by atoms with E-state index in [1.54, 1.807) is 24.6 Å². The van der Waals surface area contributed by atoms with E-state index in [0.717, 1.165) is 78.6 Å². The molecule has 0 saturated heterocycles. The number of rotatable bonds is 12. The Morgan fingerprint density at radius 3 is 0.909 bits per heavy atom. The van der Waals surface area contributed by atoms with Crippen molar-refractivity contribution in [2.75, 3.05) is 9.80 Å². The second-order valence-corrected chi connectivity index (χ2v) is 16.5. The van der Waals surface area contributed by atoms with Crippen molar-refractivity contribution in [2.45, 2.75) is 27.7 Å². The average Bonchev–Trinajstić information content (AvgIpc) is 3.32. The van der Waals surface area contributed by atoms with Crippen molar-refractivity contribution in [1.82, 2.24) is 0 Å². The molecule has 0 aromatic heterocycles. The van der Waals surface area contributed by atoms with Crippen LogP contribution in [0.1, 0.15) is 33.4 Å². The zero-order valence-electron chi connectivity index (χ0n) is 37.5. The molecular weight excluding hydrogens is 809 g/mol. The van der Waals surface area contributed by atoms with Crippen molar-refractivity contribution in [3.8, 4) is 33.8 Å². The number of anilines is 6. The number of hydrogen-bond donors (Lipinski definition) is 2. The van der Waals surface area contributed by atoms with Gasteiger partial charge in [-0.15, -0.1) is 0 Å². The summed E-state index contributed by atoms with van der Waals surface area (Å²) in [5.41, 5.74) is 17.3. The molecule has 6 heteroatoms. The van der Waals surface area contributed by atoms with E-state index in [2.05, 4.69) is 159 Å². The van der Waals surface area contributed by atoms with Crippen molar-refractivity contribution in [3.63, 3.8) is 0 Å². The molecule has 66 heavy (non-hydrogen) atoms. The highest BCUT2D eigenvalue weighted by molar-refractivity contribution is 5.92. The van der Waals surface area contributed by atoms with Crippen LogP contribution in [0.3, 0.4) is 0 Å².